The van der Waals surface area contributed by atoms with Gasteiger partial charge in [-0.1, -0.05) is 12.5 Å². The first-order valence-corrected chi connectivity index (χ1v) is 4.90. The molecule has 14 heavy (non-hydrogen) atoms. The molecular formula is C11H15N3. The van der Waals surface area contributed by atoms with Crippen molar-refractivity contribution >= 4 is 0 Å². The molecule has 0 aliphatic carbocycles. The molecule has 3 heteroatoms. The zero-order valence-electron chi connectivity index (χ0n) is 8.32. The van der Waals surface area contributed by atoms with Crippen LogP contribution in [-0.2, 0) is 6.54 Å². The van der Waals surface area contributed by atoms with Crippen molar-refractivity contribution in [3.8, 4) is 6.07 Å². The van der Waals surface area contributed by atoms with E-state index in [9.17, 15) is 0 Å². The molecule has 3 nitrogen and oxygen atoms in total. The van der Waals surface area contributed by atoms with E-state index in [1.807, 2.05) is 16.8 Å². The monoisotopic (exact) mass is 189 g/mol. The van der Waals surface area contributed by atoms with Crippen molar-refractivity contribution in [2.24, 2.45) is 0 Å². The van der Waals surface area contributed by atoms with Gasteiger partial charge in [-0.25, -0.2) is 4.98 Å². The number of nitriles is 1. The Kier molecular flexibility index (Phi) is 4.49. The zero-order valence-corrected chi connectivity index (χ0v) is 8.32. The minimum absolute atomic E-state index is 0.508. The van der Waals surface area contributed by atoms with Gasteiger partial charge in [0, 0.05) is 18.9 Å². The molecule has 0 spiro atoms. The van der Waals surface area contributed by atoms with E-state index < -0.39 is 0 Å². The molecule has 0 radical (unpaired) electrons. The van der Waals surface area contributed by atoms with Crippen LogP contribution in [0.2, 0.25) is 0 Å². The van der Waals surface area contributed by atoms with Crippen LogP contribution in [0, 0.1) is 11.3 Å². The Morgan fingerprint density at radius 3 is 3.07 bits per heavy atom. The summed E-state index contributed by atoms with van der Waals surface area (Å²) in [6.07, 6.45) is 10.00. The van der Waals surface area contributed by atoms with Gasteiger partial charge in [0.2, 0.25) is 5.82 Å². The van der Waals surface area contributed by atoms with Crippen molar-refractivity contribution in [2.75, 3.05) is 0 Å². The number of hydrogen-bond donors (Lipinski definition) is 0. The number of imidazole rings is 1. The molecule has 0 fully saturated rings. The topological polar surface area (TPSA) is 41.6 Å². The van der Waals surface area contributed by atoms with Crippen LogP contribution in [0.5, 0.6) is 0 Å². The summed E-state index contributed by atoms with van der Waals surface area (Å²) in [7, 11) is 0. The van der Waals surface area contributed by atoms with Gasteiger partial charge in [0.25, 0.3) is 0 Å². The minimum atomic E-state index is 0.508. The quantitative estimate of drug-likeness (QED) is 0.509. The summed E-state index contributed by atoms with van der Waals surface area (Å²) in [5.74, 6) is 0.508. The third kappa shape index (κ3) is 3.06. The second kappa shape index (κ2) is 5.98. The maximum Gasteiger partial charge on any atom is 0.212 e. The fourth-order valence-corrected chi connectivity index (χ4v) is 1.35. The molecule has 0 aliphatic rings. The van der Waals surface area contributed by atoms with E-state index in [4.69, 9.17) is 5.26 Å². The van der Waals surface area contributed by atoms with E-state index in [2.05, 4.69) is 17.6 Å². The van der Waals surface area contributed by atoms with Crippen LogP contribution in [0.25, 0.3) is 0 Å². The van der Waals surface area contributed by atoms with Crippen LogP contribution in [0.15, 0.2) is 25.0 Å². The number of unbranched alkanes of at least 4 members (excludes halogenated alkanes) is 3. The molecule has 0 bridgehead atoms. The van der Waals surface area contributed by atoms with Gasteiger partial charge in [-0.05, 0) is 19.3 Å². The van der Waals surface area contributed by atoms with Crippen molar-refractivity contribution < 1.29 is 0 Å². The Bertz CT molecular complexity index is 320. The highest BCUT2D eigenvalue weighted by Gasteiger charge is 1.99. The number of aromatic nitrogens is 2. The van der Waals surface area contributed by atoms with Crippen molar-refractivity contribution in [1.82, 2.24) is 9.55 Å². The number of hydrogen-bond acceptors (Lipinski definition) is 2. The molecule has 1 heterocycles. The van der Waals surface area contributed by atoms with E-state index in [0.29, 0.717) is 5.82 Å². The van der Waals surface area contributed by atoms with Gasteiger partial charge < -0.3 is 4.57 Å². The molecule has 0 N–H and O–H groups in total. The van der Waals surface area contributed by atoms with Crippen molar-refractivity contribution in [1.29, 1.82) is 5.26 Å². The van der Waals surface area contributed by atoms with Gasteiger partial charge in [-0.3, -0.25) is 0 Å². The van der Waals surface area contributed by atoms with Gasteiger partial charge in [0.05, 0.1) is 0 Å². The molecule has 74 valence electrons. The second-order valence-corrected chi connectivity index (χ2v) is 3.19. The SMILES string of the molecule is C=CCCCCCn1ccnc1C#N. The Labute approximate surface area is 84.7 Å². The van der Waals surface area contributed by atoms with E-state index >= 15 is 0 Å². The Hall–Kier alpha value is -1.56. The van der Waals surface area contributed by atoms with Crippen molar-refractivity contribution in [3.05, 3.63) is 30.9 Å². The van der Waals surface area contributed by atoms with E-state index in [1.54, 1.807) is 6.20 Å². The van der Waals surface area contributed by atoms with Crippen LogP contribution in [0.3, 0.4) is 0 Å². The summed E-state index contributed by atoms with van der Waals surface area (Å²) in [6, 6.07) is 2.06. The lowest BCUT2D eigenvalue weighted by Gasteiger charge is -2.02. The molecule has 1 aromatic heterocycles. The number of rotatable bonds is 6. The molecule has 1 aromatic rings. The molecule has 0 saturated carbocycles. The van der Waals surface area contributed by atoms with E-state index in [1.165, 1.54) is 12.8 Å². The Morgan fingerprint density at radius 1 is 1.50 bits per heavy atom. The van der Waals surface area contributed by atoms with Crippen LogP contribution in [-0.4, -0.2) is 9.55 Å². The highest BCUT2D eigenvalue weighted by molar-refractivity contribution is 5.10. The first-order valence-electron chi connectivity index (χ1n) is 4.90. The predicted molar refractivity (Wildman–Crippen MR) is 55.6 cm³/mol. The maximum atomic E-state index is 8.70. The number of allylic oxidation sites excluding steroid dienone is 1. The summed E-state index contributed by atoms with van der Waals surface area (Å²) in [5.41, 5.74) is 0. The third-order valence-electron chi connectivity index (χ3n) is 2.12. The molecule has 0 aromatic carbocycles. The standard InChI is InChI=1S/C11H15N3/c1-2-3-4-5-6-8-14-9-7-13-11(14)10-12/h2,7,9H,1,3-6,8H2. The molecular weight excluding hydrogens is 174 g/mol. The second-order valence-electron chi connectivity index (χ2n) is 3.19. The number of nitrogens with zero attached hydrogens (tertiary/aromatic N) is 3. The average Bonchev–Trinajstić information content (AvgIpc) is 2.65. The van der Waals surface area contributed by atoms with Gasteiger partial charge in [0.1, 0.15) is 6.07 Å². The van der Waals surface area contributed by atoms with Crippen LogP contribution < -0.4 is 0 Å². The molecule has 0 amide bonds. The smallest absolute Gasteiger partial charge is 0.212 e. The summed E-state index contributed by atoms with van der Waals surface area (Å²) < 4.78 is 1.90. The lowest BCUT2D eigenvalue weighted by Crippen LogP contribution is -1.99. The highest BCUT2D eigenvalue weighted by Crippen LogP contribution is 2.04. The fourth-order valence-electron chi connectivity index (χ4n) is 1.35. The number of aryl methyl sites for hydroxylation is 1. The summed E-state index contributed by atoms with van der Waals surface area (Å²) >= 11 is 0. The van der Waals surface area contributed by atoms with Gasteiger partial charge in [0.15, 0.2) is 0 Å². The van der Waals surface area contributed by atoms with Crippen LogP contribution in [0.4, 0.5) is 0 Å². The van der Waals surface area contributed by atoms with Crippen LogP contribution >= 0.6 is 0 Å². The largest absolute Gasteiger partial charge is 0.323 e. The van der Waals surface area contributed by atoms with E-state index in [0.717, 1.165) is 19.4 Å². The summed E-state index contributed by atoms with van der Waals surface area (Å²) in [4.78, 5) is 3.94. The van der Waals surface area contributed by atoms with Gasteiger partial charge in [-0.15, -0.1) is 6.58 Å². The Morgan fingerprint density at radius 2 is 2.36 bits per heavy atom. The predicted octanol–water partition coefficient (Wildman–Crippen LogP) is 2.50. The Balaban J connectivity index is 2.25. The lowest BCUT2D eigenvalue weighted by molar-refractivity contribution is 0.586. The average molecular weight is 189 g/mol. The molecule has 0 unspecified atom stereocenters. The maximum absolute atomic E-state index is 8.70. The van der Waals surface area contributed by atoms with Crippen LogP contribution in [0.1, 0.15) is 31.5 Å². The normalized spacial score (nSPS) is 9.64. The first-order chi connectivity index (χ1) is 6.88. The zero-order chi connectivity index (χ0) is 10.2. The molecule has 0 atom stereocenters. The van der Waals surface area contributed by atoms with E-state index in [-0.39, 0.29) is 0 Å². The molecule has 1 rings (SSSR count). The summed E-state index contributed by atoms with van der Waals surface area (Å²) in [5, 5.41) is 8.70. The molecule has 0 aliphatic heterocycles. The fraction of sp³-hybridized carbons (Fsp3) is 0.455. The summed E-state index contributed by atoms with van der Waals surface area (Å²) in [6.45, 7) is 4.57. The molecule has 0 saturated heterocycles. The van der Waals surface area contributed by atoms with Gasteiger partial charge >= 0.3 is 0 Å². The third-order valence-corrected chi connectivity index (χ3v) is 2.12. The minimum Gasteiger partial charge on any atom is -0.323 e. The highest BCUT2D eigenvalue weighted by atomic mass is 15.1. The lowest BCUT2D eigenvalue weighted by atomic mass is 10.2. The van der Waals surface area contributed by atoms with Gasteiger partial charge in [-0.2, -0.15) is 5.26 Å². The van der Waals surface area contributed by atoms with Crippen molar-refractivity contribution in [2.45, 2.75) is 32.2 Å². The first kappa shape index (κ1) is 10.5. The van der Waals surface area contributed by atoms with Crippen molar-refractivity contribution in [3.63, 3.8) is 0 Å².